The zero-order chi connectivity index (χ0) is 15.2. The molecule has 0 spiro atoms. The molecule has 0 aliphatic carbocycles. The Hall–Kier alpha value is -2.14. The van der Waals surface area contributed by atoms with Gasteiger partial charge in [0.25, 0.3) is 0 Å². The molecule has 0 amide bonds. The first-order valence-corrected chi connectivity index (χ1v) is 7.02. The molecule has 0 aliphatic rings. The smallest absolute Gasteiger partial charge is 0.319 e. The van der Waals surface area contributed by atoms with Crippen LogP contribution in [0.2, 0.25) is 0 Å². The quantitative estimate of drug-likeness (QED) is 0.885. The fourth-order valence-corrected chi connectivity index (χ4v) is 1.93. The minimum Gasteiger partial charge on any atom is -0.478 e. The fourth-order valence-electron chi connectivity index (χ4n) is 1.93. The van der Waals surface area contributed by atoms with Gasteiger partial charge in [-0.25, -0.2) is 4.98 Å². The van der Waals surface area contributed by atoms with Crippen LogP contribution in [0.25, 0.3) is 0 Å². The summed E-state index contributed by atoms with van der Waals surface area (Å²) in [6.07, 6.45) is 0.718. The highest BCUT2D eigenvalue weighted by Gasteiger charge is 2.18. The normalized spacial score (nSPS) is 12.0. The summed E-state index contributed by atoms with van der Waals surface area (Å²) in [5.41, 5.74) is 2.44. The second kappa shape index (κ2) is 7.04. The summed E-state index contributed by atoms with van der Waals surface area (Å²) in [7, 11) is 0. The van der Waals surface area contributed by atoms with Crippen molar-refractivity contribution in [3.63, 3.8) is 0 Å². The van der Waals surface area contributed by atoms with E-state index in [-0.39, 0.29) is 6.01 Å². The molecule has 21 heavy (non-hydrogen) atoms. The number of aromatic nitrogens is 2. The molecule has 0 saturated carbocycles. The maximum Gasteiger partial charge on any atom is 0.319 e. The predicted molar refractivity (Wildman–Crippen MR) is 79.6 cm³/mol. The van der Waals surface area contributed by atoms with Gasteiger partial charge in [-0.2, -0.15) is 4.98 Å². The Morgan fingerprint density at radius 2 is 1.76 bits per heavy atom. The van der Waals surface area contributed by atoms with Gasteiger partial charge < -0.3 is 14.6 Å². The van der Waals surface area contributed by atoms with E-state index in [0.717, 1.165) is 11.1 Å². The Labute approximate surface area is 124 Å². The monoisotopic (exact) mass is 288 g/mol. The van der Waals surface area contributed by atoms with Crippen molar-refractivity contribution in [3.05, 3.63) is 47.2 Å². The van der Waals surface area contributed by atoms with Gasteiger partial charge in [0.2, 0.25) is 5.88 Å². The van der Waals surface area contributed by atoms with E-state index in [1.165, 1.54) is 0 Å². The van der Waals surface area contributed by atoms with Crippen molar-refractivity contribution in [2.75, 3.05) is 13.2 Å². The Balaban J connectivity index is 2.34. The summed E-state index contributed by atoms with van der Waals surface area (Å²) in [6, 6.07) is 7.92. The molecule has 0 radical (unpaired) electrons. The third kappa shape index (κ3) is 3.70. The van der Waals surface area contributed by atoms with Gasteiger partial charge in [0.1, 0.15) is 6.10 Å². The molecule has 1 aromatic heterocycles. The Kier molecular flexibility index (Phi) is 5.11. The Morgan fingerprint density at radius 1 is 1.10 bits per heavy atom. The topological polar surface area (TPSA) is 64.5 Å². The molecule has 5 heteroatoms. The molecule has 2 aromatic rings. The Bertz CT molecular complexity index is 585. The van der Waals surface area contributed by atoms with Crippen LogP contribution in [0, 0.1) is 6.92 Å². The molecule has 1 N–H and O–H groups in total. The molecule has 2 rings (SSSR count). The maximum absolute atomic E-state index is 10.5. The highest BCUT2D eigenvalue weighted by atomic mass is 16.5. The average Bonchev–Trinajstić information content (AvgIpc) is 2.48. The minimum absolute atomic E-state index is 0.251. The molecule has 1 atom stereocenters. The number of aliphatic hydroxyl groups is 1. The summed E-state index contributed by atoms with van der Waals surface area (Å²) >= 11 is 0. The van der Waals surface area contributed by atoms with Crippen LogP contribution >= 0.6 is 0 Å². The molecule has 1 aromatic carbocycles. The van der Waals surface area contributed by atoms with Crippen molar-refractivity contribution >= 4 is 0 Å². The largest absolute Gasteiger partial charge is 0.478 e. The maximum atomic E-state index is 10.5. The van der Waals surface area contributed by atoms with Crippen LogP contribution < -0.4 is 9.47 Å². The molecule has 1 heterocycles. The molecule has 0 aliphatic heterocycles. The van der Waals surface area contributed by atoms with Gasteiger partial charge in [0.15, 0.2) is 0 Å². The van der Waals surface area contributed by atoms with Crippen LogP contribution in [0.3, 0.4) is 0 Å². The summed E-state index contributed by atoms with van der Waals surface area (Å²) in [6.45, 7) is 6.66. The van der Waals surface area contributed by atoms with Gasteiger partial charge in [-0.1, -0.05) is 29.8 Å². The van der Waals surface area contributed by atoms with Gasteiger partial charge in [0.05, 0.1) is 18.8 Å². The fraction of sp³-hybridized carbons (Fsp3) is 0.375. The van der Waals surface area contributed by atoms with E-state index >= 15 is 0 Å². The van der Waals surface area contributed by atoms with Crippen LogP contribution in [0.1, 0.15) is 36.6 Å². The summed E-state index contributed by atoms with van der Waals surface area (Å²) in [5.74, 6) is 0.351. The van der Waals surface area contributed by atoms with Gasteiger partial charge in [-0.3, -0.25) is 0 Å². The summed E-state index contributed by atoms with van der Waals surface area (Å²) in [5, 5.41) is 10.5. The third-order valence-electron chi connectivity index (χ3n) is 3.00. The van der Waals surface area contributed by atoms with E-state index in [1.807, 2.05) is 45.0 Å². The number of aryl methyl sites for hydroxylation is 1. The number of nitrogens with zero attached hydrogens (tertiary/aromatic N) is 2. The molecule has 0 fully saturated rings. The van der Waals surface area contributed by atoms with Crippen LogP contribution in [-0.2, 0) is 0 Å². The number of aliphatic hydroxyl groups excluding tert-OH is 1. The van der Waals surface area contributed by atoms with Crippen LogP contribution in [-0.4, -0.2) is 28.3 Å². The lowest BCUT2D eigenvalue weighted by Crippen LogP contribution is -2.08. The molecule has 0 saturated heterocycles. The van der Waals surface area contributed by atoms with E-state index in [9.17, 15) is 5.11 Å². The number of hydrogen-bond donors (Lipinski definition) is 1. The highest BCUT2D eigenvalue weighted by Crippen LogP contribution is 2.29. The van der Waals surface area contributed by atoms with E-state index in [1.54, 1.807) is 6.20 Å². The second-order valence-electron chi connectivity index (χ2n) is 4.59. The molecule has 112 valence electrons. The SMILES string of the molecule is CCOc1ncc(C(O)c2ccc(C)cc2)c(OCC)n1. The van der Waals surface area contributed by atoms with Crippen molar-refractivity contribution in [3.8, 4) is 11.9 Å². The number of rotatable bonds is 6. The highest BCUT2D eigenvalue weighted by molar-refractivity contribution is 5.36. The summed E-state index contributed by atoms with van der Waals surface area (Å²) < 4.78 is 10.8. The van der Waals surface area contributed by atoms with Crippen LogP contribution in [0.4, 0.5) is 0 Å². The second-order valence-corrected chi connectivity index (χ2v) is 4.59. The van der Waals surface area contributed by atoms with Gasteiger partial charge in [0, 0.05) is 6.20 Å². The standard InChI is InChI=1S/C16H20N2O3/c1-4-20-15-13(10-17-16(18-15)21-5-2)14(19)12-8-6-11(3)7-9-12/h6-10,14,19H,4-5H2,1-3H3. The van der Waals surface area contributed by atoms with Crippen molar-refractivity contribution in [1.82, 2.24) is 9.97 Å². The molecule has 5 nitrogen and oxygen atoms in total. The van der Waals surface area contributed by atoms with E-state index in [4.69, 9.17) is 9.47 Å². The van der Waals surface area contributed by atoms with Crippen molar-refractivity contribution in [1.29, 1.82) is 0 Å². The number of benzene rings is 1. The number of hydrogen-bond acceptors (Lipinski definition) is 5. The summed E-state index contributed by atoms with van der Waals surface area (Å²) in [4.78, 5) is 8.30. The lowest BCUT2D eigenvalue weighted by atomic mass is 10.0. The van der Waals surface area contributed by atoms with Gasteiger partial charge in [-0.15, -0.1) is 0 Å². The first kappa shape index (κ1) is 15.3. The Morgan fingerprint density at radius 3 is 2.38 bits per heavy atom. The van der Waals surface area contributed by atoms with Crippen LogP contribution in [0.15, 0.2) is 30.5 Å². The molecular weight excluding hydrogens is 268 g/mol. The van der Waals surface area contributed by atoms with E-state index in [0.29, 0.717) is 24.7 Å². The average molecular weight is 288 g/mol. The van der Waals surface area contributed by atoms with Crippen molar-refractivity contribution in [2.45, 2.75) is 26.9 Å². The van der Waals surface area contributed by atoms with Crippen molar-refractivity contribution < 1.29 is 14.6 Å². The lowest BCUT2D eigenvalue weighted by Gasteiger charge is -2.15. The van der Waals surface area contributed by atoms with E-state index < -0.39 is 6.10 Å². The lowest BCUT2D eigenvalue weighted by molar-refractivity contribution is 0.207. The zero-order valence-electron chi connectivity index (χ0n) is 12.5. The van der Waals surface area contributed by atoms with Crippen molar-refractivity contribution in [2.24, 2.45) is 0 Å². The van der Waals surface area contributed by atoms with Gasteiger partial charge in [-0.05, 0) is 26.3 Å². The molecule has 0 bridgehead atoms. The van der Waals surface area contributed by atoms with E-state index in [2.05, 4.69) is 9.97 Å². The number of ether oxygens (including phenoxy) is 2. The molecule has 1 unspecified atom stereocenters. The predicted octanol–water partition coefficient (Wildman–Crippen LogP) is 2.66. The third-order valence-corrected chi connectivity index (χ3v) is 3.00. The zero-order valence-corrected chi connectivity index (χ0v) is 12.5. The first-order valence-electron chi connectivity index (χ1n) is 7.02. The minimum atomic E-state index is -0.831. The van der Waals surface area contributed by atoms with Gasteiger partial charge >= 0.3 is 6.01 Å². The molecular formula is C16H20N2O3. The van der Waals surface area contributed by atoms with Crippen LogP contribution in [0.5, 0.6) is 11.9 Å². The first-order chi connectivity index (χ1) is 10.2.